The first-order chi connectivity index (χ1) is 16.2. The van der Waals surface area contributed by atoms with E-state index in [0.29, 0.717) is 23.3 Å². The Hall–Kier alpha value is -3.51. The third-order valence-electron chi connectivity index (χ3n) is 6.68. The molecule has 0 saturated carbocycles. The highest BCUT2D eigenvalue weighted by Gasteiger charge is 2.37. The van der Waals surface area contributed by atoms with Gasteiger partial charge in [0.15, 0.2) is 11.5 Å². The number of piperazine rings is 1. The molecule has 3 aromatic rings. The monoisotopic (exact) mass is 444 g/mol. The van der Waals surface area contributed by atoms with Gasteiger partial charge in [0.25, 0.3) is 0 Å². The second-order valence-electron chi connectivity index (χ2n) is 8.42. The van der Waals surface area contributed by atoms with Crippen LogP contribution >= 0.6 is 0 Å². The molecule has 1 fully saturated rings. The maximum atomic E-state index is 5.46. The van der Waals surface area contributed by atoms with Gasteiger partial charge < -0.3 is 19.1 Å². The van der Waals surface area contributed by atoms with E-state index in [1.807, 2.05) is 18.3 Å². The summed E-state index contributed by atoms with van der Waals surface area (Å²) in [6.45, 7) is 3.91. The Labute approximate surface area is 195 Å². The fourth-order valence-electron chi connectivity index (χ4n) is 5.11. The number of nitrogens with zero attached hydrogens (tertiary/aromatic N) is 2. The molecule has 6 nitrogen and oxygen atoms in total. The molecule has 0 radical (unpaired) electrons. The molecule has 1 heterocycles. The van der Waals surface area contributed by atoms with E-state index < -0.39 is 0 Å². The fourth-order valence-corrected chi connectivity index (χ4v) is 5.11. The van der Waals surface area contributed by atoms with Gasteiger partial charge in [-0.1, -0.05) is 48.5 Å². The van der Waals surface area contributed by atoms with Crippen LogP contribution in [-0.4, -0.2) is 58.7 Å². The summed E-state index contributed by atoms with van der Waals surface area (Å²) in [5, 5.41) is 6.90. The second-order valence-corrected chi connectivity index (χ2v) is 8.42. The van der Waals surface area contributed by atoms with Crippen LogP contribution in [-0.2, 0) is 0 Å². The highest BCUT2D eigenvalue weighted by Crippen LogP contribution is 2.41. The van der Waals surface area contributed by atoms with E-state index in [4.69, 9.17) is 19.3 Å². The maximum absolute atomic E-state index is 5.46. The molecule has 33 heavy (non-hydrogen) atoms. The van der Waals surface area contributed by atoms with Gasteiger partial charge in [-0.3, -0.25) is 5.01 Å². The molecule has 1 aliphatic heterocycles. The van der Waals surface area contributed by atoms with Crippen molar-refractivity contribution in [2.24, 2.45) is 5.10 Å². The lowest BCUT2D eigenvalue weighted by Crippen LogP contribution is -3.14. The molecular weight excluding hydrogens is 414 g/mol. The van der Waals surface area contributed by atoms with Gasteiger partial charge in [0.2, 0.25) is 5.75 Å². The molecule has 170 valence electrons. The third kappa shape index (κ3) is 3.91. The minimum atomic E-state index is 0.402. The molecule has 2 aliphatic rings. The van der Waals surface area contributed by atoms with Crippen LogP contribution < -0.4 is 19.1 Å². The lowest BCUT2D eigenvalue weighted by Gasteiger charge is -2.34. The number of nitrogens with one attached hydrogen (secondary N) is 1. The Balaban J connectivity index is 1.30. The molecule has 0 atom stereocenters. The summed E-state index contributed by atoms with van der Waals surface area (Å²) in [7, 11) is 4.86. The van der Waals surface area contributed by atoms with Crippen molar-refractivity contribution in [1.29, 1.82) is 0 Å². The Bertz CT molecular complexity index is 1100. The molecule has 1 aliphatic carbocycles. The maximum Gasteiger partial charge on any atom is 0.203 e. The van der Waals surface area contributed by atoms with E-state index in [1.165, 1.54) is 22.3 Å². The van der Waals surface area contributed by atoms with Crippen molar-refractivity contribution >= 4 is 6.21 Å². The number of hydrogen-bond donors (Lipinski definition) is 1. The predicted molar refractivity (Wildman–Crippen MR) is 130 cm³/mol. The van der Waals surface area contributed by atoms with Crippen LogP contribution in [0.15, 0.2) is 65.8 Å². The molecule has 1 N–H and O–H groups in total. The van der Waals surface area contributed by atoms with Crippen LogP contribution in [0.4, 0.5) is 0 Å². The molecule has 6 heteroatoms. The van der Waals surface area contributed by atoms with Crippen LogP contribution in [0.3, 0.4) is 0 Å². The normalized spacial score (nSPS) is 16.0. The summed E-state index contributed by atoms with van der Waals surface area (Å²) in [6.07, 6.45) is 1.87. The molecular formula is C27H30N3O3+. The first-order valence-corrected chi connectivity index (χ1v) is 11.3. The van der Waals surface area contributed by atoms with Crippen molar-refractivity contribution < 1.29 is 19.1 Å². The van der Waals surface area contributed by atoms with E-state index in [2.05, 4.69) is 53.5 Å². The van der Waals surface area contributed by atoms with E-state index in [0.717, 1.165) is 31.7 Å². The predicted octanol–water partition coefficient (Wildman–Crippen LogP) is 3.02. The van der Waals surface area contributed by atoms with E-state index in [1.54, 1.807) is 26.2 Å². The highest BCUT2D eigenvalue weighted by atomic mass is 16.5. The van der Waals surface area contributed by atoms with Gasteiger partial charge in [0.1, 0.15) is 6.04 Å². The fraction of sp³-hybridized carbons (Fsp3) is 0.296. The Morgan fingerprint density at radius 3 is 1.88 bits per heavy atom. The molecule has 3 aromatic carbocycles. The number of hydrogen-bond acceptors (Lipinski definition) is 5. The zero-order valence-corrected chi connectivity index (χ0v) is 19.4. The lowest BCUT2D eigenvalue weighted by atomic mass is 10.0. The van der Waals surface area contributed by atoms with Crippen molar-refractivity contribution in [2.45, 2.75) is 6.04 Å². The standard InChI is InChI=1S/C27H29N3O3/c1-31-24-16-19(17-25(32-2)27(24)33-3)18-28-30-14-12-29(13-15-30)26-22-10-6-4-8-20(22)21-9-5-7-11-23(21)26/h4-11,16-18,26H,12-15H2,1-3H3/p+1/b28-18-. The molecule has 0 unspecified atom stereocenters. The van der Waals surface area contributed by atoms with Gasteiger partial charge in [-0.05, 0) is 23.3 Å². The quantitative estimate of drug-likeness (QED) is 0.594. The van der Waals surface area contributed by atoms with Gasteiger partial charge in [-0.15, -0.1) is 0 Å². The molecule has 0 aromatic heterocycles. The van der Waals surface area contributed by atoms with Gasteiger partial charge in [0, 0.05) is 16.7 Å². The highest BCUT2D eigenvalue weighted by molar-refractivity contribution is 5.82. The van der Waals surface area contributed by atoms with Gasteiger partial charge in [-0.25, -0.2) is 0 Å². The van der Waals surface area contributed by atoms with Crippen LogP contribution in [0.25, 0.3) is 11.1 Å². The van der Waals surface area contributed by atoms with Crippen molar-refractivity contribution in [3.05, 3.63) is 77.4 Å². The Kier molecular flexibility index (Phi) is 5.92. The third-order valence-corrected chi connectivity index (χ3v) is 6.68. The number of ether oxygens (including phenoxy) is 3. The number of hydrazone groups is 1. The summed E-state index contributed by atoms with van der Waals surface area (Å²) in [5.41, 5.74) is 6.57. The largest absolute Gasteiger partial charge is 0.493 e. The summed E-state index contributed by atoms with van der Waals surface area (Å²) < 4.78 is 16.3. The molecule has 0 amide bonds. The first-order valence-electron chi connectivity index (χ1n) is 11.3. The smallest absolute Gasteiger partial charge is 0.203 e. The summed E-state index contributed by atoms with van der Waals surface area (Å²) >= 11 is 0. The van der Waals surface area contributed by atoms with Gasteiger partial charge in [0.05, 0.1) is 53.7 Å². The van der Waals surface area contributed by atoms with E-state index in [-0.39, 0.29) is 0 Å². The summed E-state index contributed by atoms with van der Waals surface area (Å²) in [5.74, 6) is 1.85. The average Bonchev–Trinajstić information content (AvgIpc) is 3.21. The Morgan fingerprint density at radius 1 is 0.818 bits per heavy atom. The SMILES string of the molecule is COc1cc(/C=N\N2CC[NH+](C3c4ccccc4-c4ccccc43)CC2)cc(OC)c1OC. The van der Waals surface area contributed by atoms with Crippen molar-refractivity contribution in [3.63, 3.8) is 0 Å². The number of methoxy groups -OCH3 is 3. The number of fused-ring (bicyclic) bond motifs is 3. The molecule has 1 saturated heterocycles. The minimum absolute atomic E-state index is 0.402. The van der Waals surface area contributed by atoms with Crippen LogP contribution in [0, 0.1) is 0 Å². The van der Waals surface area contributed by atoms with Crippen molar-refractivity contribution in [2.75, 3.05) is 47.5 Å². The molecule has 0 spiro atoms. The zero-order valence-electron chi connectivity index (χ0n) is 19.4. The summed E-state index contributed by atoms with van der Waals surface area (Å²) in [6, 6.07) is 21.9. The van der Waals surface area contributed by atoms with Gasteiger partial charge >= 0.3 is 0 Å². The van der Waals surface area contributed by atoms with Crippen LogP contribution in [0.2, 0.25) is 0 Å². The van der Waals surface area contributed by atoms with Crippen LogP contribution in [0.5, 0.6) is 17.2 Å². The van der Waals surface area contributed by atoms with Crippen LogP contribution in [0.1, 0.15) is 22.7 Å². The lowest BCUT2D eigenvalue weighted by molar-refractivity contribution is -0.929. The first kappa shape index (κ1) is 21.3. The average molecular weight is 445 g/mol. The zero-order chi connectivity index (χ0) is 22.8. The molecule has 5 rings (SSSR count). The number of benzene rings is 3. The Morgan fingerprint density at radius 2 is 1.36 bits per heavy atom. The van der Waals surface area contributed by atoms with Crippen molar-refractivity contribution in [1.82, 2.24) is 5.01 Å². The second kappa shape index (κ2) is 9.16. The topological polar surface area (TPSA) is 47.7 Å². The number of quaternary nitrogens is 1. The van der Waals surface area contributed by atoms with E-state index in [9.17, 15) is 0 Å². The summed E-state index contributed by atoms with van der Waals surface area (Å²) in [4.78, 5) is 1.60. The molecule has 0 bridgehead atoms. The van der Waals surface area contributed by atoms with Crippen molar-refractivity contribution in [3.8, 4) is 28.4 Å². The minimum Gasteiger partial charge on any atom is -0.493 e. The van der Waals surface area contributed by atoms with E-state index >= 15 is 0 Å². The van der Waals surface area contributed by atoms with Gasteiger partial charge in [-0.2, -0.15) is 5.10 Å². The number of rotatable bonds is 6.